The highest BCUT2D eigenvalue weighted by molar-refractivity contribution is 7.98. The molecular formula is C13H10N4O2S. The minimum absolute atomic E-state index is 0.0103. The smallest absolute Gasteiger partial charge is 0.298 e. The molecule has 0 radical (unpaired) electrons. The molecule has 0 aliphatic rings. The summed E-state index contributed by atoms with van der Waals surface area (Å²) >= 11 is 1.46. The molecule has 2 heterocycles. The van der Waals surface area contributed by atoms with Gasteiger partial charge in [0.05, 0.1) is 11.1 Å². The molecule has 0 fully saturated rings. The number of aromatic nitrogens is 3. The molecule has 1 aromatic carbocycles. The van der Waals surface area contributed by atoms with E-state index in [0.29, 0.717) is 21.8 Å². The number of fused-ring (bicyclic) bond motifs is 1. The van der Waals surface area contributed by atoms with Crippen LogP contribution in [0.5, 0.6) is 0 Å². The summed E-state index contributed by atoms with van der Waals surface area (Å²) in [5.41, 5.74) is 1.64. The summed E-state index contributed by atoms with van der Waals surface area (Å²) in [6.07, 6.45) is 2.77. The lowest BCUT2D eigenvalue weighted by Gasteiger charge is -2.02. The van der Waals surface area contributed by atoms with Crippen LogP contribution in [0.3, 0.4) is 0 Å². The first-order valence-electron chi connectivity index (χ1n) is 5.89. The van der Waals surface area contributed by atoms with Gasteiger partial charge < -0.3 is 4.98 Å². The maximum absolute atomic E-state index is 11.0. The molecule has 2 aromatic heterocycles. The third-order valence-corrected chi connectivity index (χ3v) is 3.89. The molecule has 0 aliphatic carbocycles. The Labute approximate surface area is 118 Å². The normalized spacial score (nSPS) is 10.8. The highest BCUT2D eigenvalue weighted by Gasteiger charge is 2.19. The standard InChI is InChI=1S/C13H10N4O2S/c18-17(19)10-6-14-12-11(10)13(16-8-15-12)20-7-9-4-2-1-3-5-9/h1-6,8H,7H2,(H,14,15,16). The predicted molar refractivity (Wildman–Crippen MR) is 76.5 cm³/mol. The maximum Gasteiger partial charge on any atom is 0.298 e. The molecule has 1 N–H and O–H groups in total. The van der Waals surface area contributed by atoms with E-state index >= 15 is 0 Å². The summed E-state index contributed by atoms with van der Waals surface area (Å²) in [4.78, 5) is 21.6. The number of aromatic amines is 1. The fourth-order valence-electron chi connectivity index (χ4n) is 1.90. The summed E-state index contributed by atoms with van der Waals surface area (Å²) in [5.74, 6) is 0.704. The molecular weight excluding hydrogens is 276 g/mol. The lowest BCUT2D eigenvalue weighted by atomic mass is 10.2. The average Bonchev–Trinajstić information content (AvgIpc) is 2.91. The second-order valence-electron chi connectivity index (χ2n) is 4.11. The Bertz CT molecular complexity index is 757. The van der Waals surface area contributed by atoms with Crippen molar-refractivity contribution in [3.63, 3.8) is 0 Å². The van der Waals surface area contributed by atoms with Crippen LogP contribution in [0.4, 0.5) is 5.69 Å². The van der Waals surface area contributed by atoms with E-state index in [1.165, 1.54) is 24.3 Å². The van der Waals surface area contributed by atoms with E-state index in [0.717, 1.165) is 5.56 Å². The number of benzene rings is 1. The van der Waals surface area contributed by atoms with Crippen LogP contribution < -0.4 is 0 Å². The molecule has 100 valence electrons. The van der Waals surface area contributed by atoms with Crippen molar-refractivity contribution in [3.8, 4) is 0 Å². The minimum Gasteiger partial charge on any atom is -0.340 e. The van der Waals surface area contributed by atoms with E-state index in [1.54, 1.807) is 0 Å². The van der Waals surface area contributed by atoms with Gasteiger partial charge in [-0.05, 0) is 5.56 Å². The van der Waals surface area contributed by atoms with Crippen LogP contribution in [0.15, 0.2) is 47.9 Å². The number of rotatable bonds is 4. The van der Waals surface area contributed by atoms with Gasteiger partial charge >= 0.3 is 0 Å². The summed E-state index contributed by atoms with van der Waals surface area (Å²) < 4.78 is 0. The van der Waals surface area contributed by atoms with Crippen LogP contribution in [-0.4, -0.2) is 19.9 Å². The lowest BCUT2D eigenvalue weighted by Crippen LogP contribution is -1.90. The Morgan fingerprint density at radius 1 is 1.25 bits per heavy atom. The maximum atomic E-state index is 11.0. The molecule has 0 atom stereocenters. The van der Waals surface area contributed by atoms with Crippen molar-refractivity contribution in [1.82, 2.24) is 15.0 Å². The number of nitrogens with one attached hydrogen (secondary N) is 1. The van der Waals surface area contributed by atoms with E-state index in [9.17, 15) is 10.1 Å². The molecule has 0 unspecified atom stereocenters. The molecule has 6 nitrogen and oxygen atoms in total. The van der Waals surface area contributed by atoms with Gasteiger partial charge in [-0.15, -0.1) is 11.8 Å². The van der Waals surface area contributed by atoms with E-state index < -0.39 is 4.92 Å². The second kappa shape index (κ2) is 5.30. The molecule has 7 heteroatoms. The van der Waals surface area contributed by atoms with Crippen molar-refractivity contribution in [2.24, 2.45) is 0 Å². The molecule has 3 aromatic rings. The number of nitrogens with zero attached hydrogens (tertiary/aromatic N) is 3. The third-order valence-electron chi connectivity index (χ3n) is 2.83. The van der Waals surface area contributed by atoms with Crippen LogP contribution in [0, 0.1) is 10.1 Å². The van der Waals surface area contributed by atoms with Crippen molar-refractivity contribution in [2.75, 3.05) is 0 Å². The summed E-state index contributed by atoms with van der Waals surface area (Å²) in [5, 5.41) is 12.1. The molecule has 0 bridgehead atoms. The van der Waals surface area contributed by atoms with E-state index in [1.807, 2.05) is 30.3 Å². The number of hydrogen-bond acceptors (Lipinski definition) is 5. The highest BCUT2D eigenvalue weighted by atomic mass is 32.2. The third kappa shape index (κ3) is 2.35. The van der Waals surface area contributed by atoms with Crippen molar-refractivity contribution < 1.29 is 4.92 Å². The van der Waals surface area contributed by atoms with E-state index in [2.05, 4.69) is 15.0 Å². The second-order valence-corrected chi connectivity index (χ2v) is 5.07. The largest absolute Gasteiger partial charge is 0.340 e. The van der Waals surface area contributed by atoms with E-state index in [-0.39, 0.29) is 5.69 Å². The quantitative estimate of drug-likeness (QED) is 0.344. The Kier molecular flexibility index (Phi) is 3.34. The molecule has 0 amide bonds. The van der Waals surface area contributed by atoms with Gasteiger partial charge in [0, 0.05) is 5.75 Å². The van der Waals surface area contributed by atoms with Gasteiger partial charge in [0.1, 0.15) is 22.4 Å². The zero-order valence-electron chi connectivity index (χ0n) is 10.3. The summed E-state index contributed by atoms with van der Waals surface area (Å²) in [7, 11) is 0. The summed E-state index contributed by atoms with van der Waals surface area (Å²) in [6, 6.07) is 9.90. The molecule has 20 heavy (non-hydrogen) atoms. The van der Waals surface area contributed by atoms with E-state index in [4.69, 9.17) is 0 Å². The first-order valence-corrected chi connectivity index (χ1v) is 6.87. The Balaban J connectivity index is 1.95. The van der Waals surface area contributed by atoms with Crippen LogP contribution in [-0.2, 0) is 5.75 Å². The van der Waals surface area contributed by atoms with Gasteiger partial charge in [0.15, 0.2) is 0 Å². The van der Waals surface area contributed by atoms with Gasteiger partial charge in [-0.3, -0.25) is 10.1 Å². The monoisotopic (exact) mass is 286 g/mol. The van der Waals surface area contributed by atoms with Gasteiger partial charge in [-0.25, -0.2) is 9.97 Å². The van der Waals surface area contributed by atoms with Gasteiger partial charge in [-0.1, -0.05) is 30.3 Å². The van der Waals surface area contributed by atoms with Crippen LogP contribution >= 0.6 is 11.8 Å². The lowest BCUT2D eigenvalue weighted by molar-refractivity contribution is -0.383. The molecule has 0 spiro atoms. The van der Waals surface area contributed by atoms with Gasteiger partial charge in [0.25, 0.3) is 5.69 Å². The number of nitro groups is 1. The molecule has 0 saturated carbocycles. The minimum atomic E-state index is -0.422. The fourth-order valence-corrected chi connectivity index (χ4v) is 2.86. The molecule has 0 saturated heterocycles. The van der Waals surface area contributed by atoms with Crippen molar-refractivity contribution in [2.45, 2.75) is 10.8 Å². The predicted octanol–water partition coefficient (Wildman–Crippen LogP) is 3.16. The first kappa shape index (κ1) is 12.6. The van der Waals surface area contributed by atoms with Crippen LogP contribution in [0.25, 0.3) is 11.0 Å². The van der Waals surface area contributed by atoms with Crippen LogP contribution in [0.2, 0.25) is 0 Å². The van der Waals surface area contributed by atoms with Crippen molar-refractivity contribution in [3.05, 3.63) is 58.5 Å². The molecule has 3 rings (SSSR count). The zero-order valence-corrected chi connectivity index (χ0v) is 11.1. The Morgan fingerprint density at radius 3 is 2.80 bits per heavy atom. The van der Waals surface area contributed by atoms with Crippen molar-refractivity contribution >= 4 is 28.5 Å². The summed E-state index contributed by atoms with van der Waals surface area (Å²) in [6.45, 7) is 0. The highest BCUT2D eigenvalue weighted by Crippen LogP contribution is 2.33. The zero-order chi connectivity index (χ0) is 13.9. The fraction of sp³-hybridized carbons (Fsp3) is 0.0769. The van der Waals surface area contributed by atoms with Crippen molar-refractivity contribution in [1.29, 1.82) is 0 Å². The number of hydrogen-bond donors (Lipinski definition) is 1. The van der Waals surface area contributed by atoms with Gasteiger partial charge in [0.2, 0.25) is 0 Å². The van der Waals surface area contributed by atoms with Crippen LogP contribution in [0.1, 0.15) is 5.56 Å². The van der Waals surface area contributed by atoms with Gasteiger partial charge in [-0.2, -0.15) is 0 Å². The number of thioether (sulfide) groups is 1. The SMILES string of the molecule is O=[N+]([O-])c1c[nH]c2ncnc(SCc3ccccc3)c12. The molecule has 0 aliphatic heterocycles. The number of H-pyrrole nitrogens is 1. The Morgan fingerprint density at radius 2 is 2.05 bits per heavy atom. The average molecular weight is 286 g/mol. The topological polar surface area (TPSA) is 84.7 Å². The first-order chi connectivity index (χ1) is 9.75. The Hall–Kier alpha value is -2.41.